The third-order valence-corrected chi connectivity index (χ3v) is 3.22. The molecule has 1 aliphatic rings. The number of nitrogens with two attached hydrogens (primary N) is 2. The molecule has 0 spiro atoms. The van der Waals surface area contributed by atoms with E-state index in [1.165, 1.54) is 0 Å². The largest absolute Gasteiger partial charge is 0.379 e. The van der Waals surface area contributed by atoms with E-state index >= 15 is 0 Å². The van der Waals surface area contributed by atoms with Crippen LogP contribution in [0.5, 0.6) is 0 Å². The van der Waals surface area contributed by atoms with E-state index in [1.54, 1.807) is 0 Å². The van der Waals surface area contributed by atoms with Crippen LogP contribution in [0.3, 0.4) is 0 Å². The molecule has 1 fully saturated rings. The van der Waals surface area contributed by atoms with E-state index in [4.69, 9.17) is 20.9 Å². The lowest BCUT2D eigenvalue weighted by Crippen LogP contribution is -2.50. The van der Waals surface area contributed by atoms with E-state index in [1.807, 2.05) is 0 Å². The molecule has 1 rings (SSSR count). The molecule has 0 aliphatic heterocycles. The first-order valence-electron chi connectivity index (χ1n) is 6.36. The quantitative estimate of drug-likeness (QED) is 0.610. The summed E-state index contributed by atoms with van der Waals surface area (Å²) >= 11 is 0. The molecule has 0 radical (unpaired) electrons. The normalized spacial score (nSPS) is 28.5. The van der Waals surface area contributed by atoms with Gasteiger partial charge in [0.15, 0.2) is 0 Å². The summed E-state index contributed by atoms with van der Waals surface area (Å²) in [4.78, 5) is 11.1. The number of primary amides is 1. The van der Waals surface area contributed by atoms with Gasteiger partial charge in [-0.05, 0) is 19.3 Å². The van der Waals surface area contributed by atoms with Crippen LogP contribution in [-0.4, -0.2) is 37.4 Å². The molecule has 0 aromatic rings. The Morgan fingerprint density at radius 1 is 1.41 bits per heavy atom. The maximum Gasteiger partial charge on any atom is 0.237 e. The van der Waals surface area contributed by atoms with Gasteiger partial charge in [0, 0.05) is 13.0 Å². The summed E-state index contributed by atoms with van der Waals surface area (Å²) in [5, 5.41) is 0. The van der Waals surface area contributed by atoms with Crippen LogP contribution >= 0.6 is 0 Å². The van der Waals surface area contributed by atoms with Crippen LogP contribution in [0.4, 0.5) is 0 Å². The highest BCUT2D eigenvalue weighted by atomic mass is 16.5. The Morgan fingerprint density at radius 2 is 2.18 bits per heavy atom. The lowest BCUT2D eigenvalue weighted by Gasteiger charge is -2.19. The van der Waals surface area contributed by atoms with Crippen molar-refractivity contribution in [2.24, 2.45) is 11.5 Å². The predicted octanol–water partition coefficient (Wildman–Crippen LogP) is 0.555. The standard InChI is InChI=1S/C12H24N2O3/c1-2-3-6-16-7-8-17-10-4-5-12(14,9-10)11(13)15/h10H,2-9,14H2,1H3,(H2,13,15). The van der Waals surface area contributed by atoms with Gasteiger partial charge < -0.3 is 20.9 Å². The van der Waals surface area contributed by atoms with Crippen molar-refractivity contribution in [1.82, 2.24) is 0 Å². The van der Waals surface area contributed by atoms with Gasteiger partial charge in [-0.25, -0.2) is 0 Å². The highest BCUT2D eigenvalue weighted by molar-refractivity contribution is 5.84. The second kappa shape index (κ2) is 6.93. The molecule has 0 bridgehead atoms. The lowest BCUT2D eigenvalue weighted by molar-refractivity contribution is -0.123. The van der Waals surface area contributed by atoms with Crippen LogP contribution in [-0.2, 0) is 14.3 Å². The van der Waals surface area contributed by atoms with Crippen molar-refractivity contribution in [2.45, 2.75) is 50.7 Å². The van der Waals surface area contributed by atoms with Crippen LogP contribution in [0.1, 0.15) is 39.0 Å². The van der Waals surface area contributed by atoms with Crippen LogP contribution in [0.2, 0.25) is 0 Å². The summed E-state index contributed by atoms with van der Waals surface area (Å²) in [5.41, 5.74) is 10.3. The number of amides is 1. The molecule has 1 amide bonds. The molecular weight excluding hydrogens is 220 g/mol. The summed E-state index contributed by atoms with van der Waals surface area (Å²) in [5.74, 6) is -0.428. The molecule has 0 aromatic carbocycles. The zero-order valence-corrected chi connectivity index (χ0v) is 10.6. The number of hydrogen-bond donors (Lipinski definition) is 2. The molecule has 0 aromatic heterocycles. The monoisotopic (exact) mass is 244 g/mol. The fourth-order valence-electron chi connectivity index (χ4n) is 2.02. The van der Waals surface area contributed by atoms with Gasteiger partial charge in [-0.15, -0.1) is 0 Å². The van der Waals surface area contributed by atoms with E-state index in [2.05, 4.69) is 6.92 Å². The van der Waals surface area contributed by atoms with Gasteiger partial charge in [-0.2, -0.15) is 0 Å². The van der Waals surface area contributed by atoms with Gasteiger partial charge >= 0.3 is 0 Å². The highest BCUT2D eigenvalue weighted by Crippen LogP contribution is 2.29. The predicted molar refractivity (Wildman–Crippen MR) is 65.4 cm³/mol. The molecular formula is C12H24N2O3. The second-order valence-electron chi connectivity index (χ2n) is 4.72. The van der Waals surface area contributed by atoms with Crippen molar-refractivity contribution in [3.63, 3.8) is 0 Å². The molecule has 0 saturated heterocycles. The minimum atomic E-state index is -0.867. The number of hydrogen-bond acceptors (Lipinski definition) is 4. The van der Waals surface area contributed by atoms with Gasteiger partial charge in [0.1, 0.15) is 0 Å². The molecule has 0 heterocycles. The van der Waals surface area contributed by atoms with Gasteiger partial charge in [-0.3, -0.25) is 4.79 Å². The number of ether oxygens (including phenoxy) is 2. The fourth-order valence-corrected chi connectivity index (χ4v) is 2.02. The Hall–Kier alpha value is -0.650. The van der Waals surface area contributed by atoms with Crippen molar-refractivity contribution in [2.75, 3.05) is 19.8 Å². The first kappa shape index (κ1) is 14.4. The summed E-state index contributed by atoms with van der Waals surface area (Å²) in [6, 6.07) is 0. The number of carbonyl (C=O) groups is 1. The van der Waals surface area contributed by atoms with Crippen LogP contribution < -0.4 is 11.5 Å². The number of rotatable bonds is 8. The highest BCUT2D eigenvalue weighted by Gasteiger charge is 2.40. The fraction of sp³-hybridized carbons (Fsp3) is 0.917. The Balaban J connectivity index is 2.08. The molecule has 4 N–H and O–H groups in total. The molecule has 1 aliphatic carbocycles. The first-order valence-corrected chi connectivity index (χ1v) is 6.36. The van der Waals surface area contributed by atoms with Crippen LogP contribution in [0.15, 0.2) is 0 Å². The number of carbonyl (C=O) groups excluding carboxylic acids is 1. The Morgan fingerprint density at radius 3 is 2.76 bits per heavy atom. The van der Waals surface area contributed by atoms with Crippen molar-refractivity contribution in [3.8, 4) is 0 Å². The summed E-state index contributed by atoms with van der Waals surface area (Å²) < 4.78 is 11.0. The Labute approximate surface area is 103 Å². The zero-order chi connectivity index (χ0) is 12.7. The van der Waals surface area contributed by atoms with Crippen molar-refractivity contribution in [3.05, 3.63) is 0 Å². The minimum absolute atomic E-state index is 0.0438. The van der Waals surface area contributed by atoms with E-state index in [0.717, 1.165) is 25.9 Å². The molecule has 2 unspecified atom stereocenters. The molecule has 1 saturated carbocycles. The third kappa shape index (κ3) is 4.61. The number of unbranched alkanes of at least 4 members (excludes halogenated alkanes) is 1. The van der Waals surface area contributed by atoms with Gasteiger partial charge in [0.05, 0.1) is 24.9 Å². The second-order valence-corrected chi connectivity index (χ2v) is 4.72. The molecule has 5 heteroatoms. The summed E-state index contributed by atoms with van der Waals surface area (Å²) in [6.07, 6.45) is 4.20. The minimum Gasteiger partial charge on any atom is -0.379 e. The van der Waals surface area contributed by atoms with Crippen molar-refractivity contribution < 1.29 is 14.3 Å². The summed E-state index contributed by atoms with van der Waals surface area (Å²) in [6.45, 7) is 4.07. The van der Waals surface area contributed by atoms with Gasteiger partial charge in [0.25, 0.3) is 0 Å². The zero-order valence-electron chi connectivity index (χ0n) is 10.6. The average molecular weight is 244 g/mol. The lowest BCUT2D eigenvalue weighted by atomic mass is 9.99. The van der Waals surface area contributed by atoms with E-state index in [-0.39, 0.29) is 6.10 Å². The third-order valence-electron chi connectivity index (χ3n) is 3.22. The molecule has 5 nitrogen and oxygen atoms in total. The average Bonchev–Trinajstić information content (AvgIpc) is 2.67. The maximum absolute atomic E-state index is 11.1. The first-order chi connectivity index (χ1) is 8.08. The SMILES string of the molecule is CCCCOCCOC1CCC(N)(C(N)=O)C1. The van der Waals surface area contributed by atoms with E-state index in [0.29, 0.717) is 26.1 Å². The molecule has 17 heavy (non-hydrogen) atoms. The topological polar surface area (TPSA) is 87.6 Å². The molecule has 2 atom stereocenters. The van der Waals surface area contributed by atoms with Gasteiger partial charge in [0.2, 0.25) is 5.91 Å². The van der Waals surface area contributed by atoms with Crippen LogP contribution in [0, 0.1) is 0 Å². The maximum atomic E-state index is 11.1. The molecule has 100 valence electrons. The smallest absolute Gasteiger partial charge is 0.237 e. The Bertz CT molecular complexity index is 248. The Kier molecular flexibility index (Phi) is 5.88. The van der Waals surface area contributed by atoms with E-state index < -0.39 is 11.4 Å². The van der Waals surface area contributed by atoms with Crippen molar-refractivity contribution >= 4 is 5.91 Å². The van der Waals surface area contributed by atoms with E-state index in [9.17, 15) is 4.79 Å². The van der Waals surface area contributed by atoms with Crippen LogP contribution in [0.25, 0.3) is 0 Å². The summed E-state index contributed by atoms with van der Waals surface area (Å²) in [7, 11) is 0. The van der Waals surface area contributed by atoms with Crippen molar-refractivity contribution in [1.29, 1.82) is 0 Å². The van der Waals surface area contributed by atoms with Gasteiger partial charge in [-0.1, -0.05) is 13.3 Å².